The third kappa shape index (κ3) is 4.32. The first kappa shape index (κ1) is 18.4. The Kier molecular flexibility index (Phi) is 5.07. The van der Waals surface area contributed by atoms with Crippen LogP contribution in [0.15, 0.2) is 73.1 Å². The van der Waals surface area contributed by atoms with Gasteiger partial charge in [-0.25, -0.2) is 4.98 Å². The maximum Gasteiger partial charge on any atom is 0.311 e. The highest BCUT2D eigenvalue weighted by atomic mass is 16.6. The first-order valence-electron chi connectivity index (χ1n) is 9.17. The molecule has 0 aliphatic rings. The number of fused-ring (bicyclic) bond motifs is 1. The van der Waals surface area contributed by atoms with Crippen molar-refractivity contribution in [2.45, 2.75) is 13.5 Å². The summed E-state index contributed by atoms with van der Waals surface area (Å²) < 4.78 is 7.61. The smallest absolute Gasteiger partial charge is 0.311 e. The number of ether oxygens (including phenoxy) is 1. The highest BCUT2D eigenvalue weighted by molar-refractivity contribution is 5.71. The Morgan fingerprint density at radius 3 is 2.72 bits per heavy atom. The molecule has 2 aromatic carbocycles. The van der Waals surface area contributed by atoms with Gasteiger partial charge in [0, 0.05) is 18.5 Å². The van der Waals surface area contributed by atoms with Crippen LogP contribution in [-0.2, 0) is 6.61 Å². The van der Waals surface area contributed by atoms with Crippen molar-refractivity contribution in [3.63, 3.8) is 0 Å². The molecule has 0 saturated heterocycles. The van der Waals surface area contributed by atoms with Crippen LogP contribution in [0, 0.1) is 17.0 Å². The van der Waals surface area contributed by atoms with Gasteiger partial charge in [-0.3, -0.25) is 10.1 Å². The lowest BCUT2D eigenvalue weighted by Gasteiger charge is -2.07. The van der Waals surface area contributed by atoms with Crippen molar-refractivity contribution in [1.29, 1.82) is 0 Å². The number of nitro groups is 1. The van der Waals surface area contributed by atoms with Gasteiger partial charge in [-0.05, 0) is 47.9 Å². The van der Waals surface area contributed by atoms with E-state index in [-0.39, 0.29) is 18.0 Å². The van der Waals surface area contributed by atoms with E-state index in [1.165, 1.54) is 6.07 Å². The summed E-state index contributed by atoms with van der Waals surface area (Å²) in [4.78, 5) is 15.6. The number of hydrogen-bond donors (Lipinski definition) is 0. The molecule has 6 heteroatoms. The summed E-state index contributed by atoms with van der Waals surface area (Å²) in [7, 11) is 0. The summed E-state index contributed by atoms with van der Waals surface area (Å²) in [6, 6.07) is 18.5. The van der Waals surface area contributed by atoms with E-state index in [0.717, 1.165) is 22.5 Å². The van der Waals surface area contributed by atoms with E-state index in [1.807, 2.05) is 78.3 Å². The Balaban J connectivity index is 1.55. The fraction of sp³-hybridized carbons (Fsp3) is 0.0870. The molecule has 144 valence electrons. The lowest BCUT2D eigenvalue weighted by molar-refractivity contribution is -0.386. The van der Waals surface area contributed by atoms with Crippen LogP contribution in [0.2, 0.25) is 0 Å². The molecule has 0 amide bonds. The molecule has 0 bridgehead atoms. The number of rotatable bonds is 6. The van der Waals surface area contributed by atoms with Gasteiger partial charge in [-0.2, -0.15) is 0 Å². The van der Waals surface area contributed by atoms with Crippen LogP contribution >= 0.6 is 0 Å². The van der Waals surface area contributed by atoms with Gasteiger partial charge in [0.1, 0.15) is 12.3 Å². The van der Waals surface area contributed by atoms with Crippen molar-refractivity contribution in [3.8, 4) is 5.75 Å². The molecule has 29 heavy (non-hydrogen) atoms. The number of nitrogens with zero attached hydrogens (tertiary/aromatic N) is 3. The van der Waals surface area contributed by atoms with Crippen molar-refractivity contribution in [2.24, 2.45) is 0 Å². The third-order valence-corrected chi connectivity index (χ3v) is 4.50. The summed E-state index contributed by atoms with van der Waals surface area (Å²) >= 11 is 0. The molecule has 4 aromatic rings. The maximum absolute atomic E-state index is 11.5. The first-order chi connectivity index (χ1) is 14.1. The molecule has 0 unspecified atom stereocenters. The normalized spacial score (nSPS) is 11.2. The molecule has 0 atom stereocenters. The van der Waals surface area contributed by atoms with Gasteiger partial charge in [0.25, 0.3) is 0 Å². The van der Waals surface area contributed by atoms with Crippen molar-refractivity contribution in [3.05, 3.63) is 106 Å². The largest absolute Gasteiger partial charge is 0.482 e. The molecule has 0 spiro atoms. The second-order valence-corrected chi connectivity index (χ2v) is 6.73. The van der Waals surface area contributed by atoms with E-state index in [1.54, 1.807) is 12.1 Å². The molecule has 2 aromatic heterocycles. The van der Waals surface area contributed by atoms with Crippen LogP contribution in [-0.4, -0.2) is 14.3 Å². The molecule has 0 saturated carbocycles. The summed E-state index contributed by atoms with van der Waals surface area (Å²) in [5.41, 5.74) is 4.38. The highest BCUT2D eigenvalue weighted by Gasteiger charge is 2.15. The van der Waals surface area contributed by atoms with E-state index >= 15 is 0 Å². The van der Waals surface area contributed by atoms with Crippen molar-refractivity contribution in [1.82, 2.24) is 9.38 Å². The molecule has 0 aliphatic heterocycles. The second-order valence-electron chi connectivity index (χ2n) is 6.73. The van der Waals surface area contributed by atoms with Gasteiger partial charge in [-0.15, -0.1) is 0 Å². The Morgan fingerprint density at radius 1 is 1.10 bits per heavy atom. The standard InChI is InChI=1S/C23H19N3O3/c1-17-11-12-25-15-20(24-23(25)13-17)9-7-18-8-10-22(21(14-18)26(27)28)29-16-19-5-3-2-4-6-19/h2-15H,16H2,1H3. The Morgan fingerprint density at radius 2 is 1.93 bits per heavy atom. The second kappa shape index (κ2) is 7.98. The fourth-order valence-corrected chi connectivity index (χ4v) is 3.00. The van der Waals surface area contributed by atoms with Crippen LogP contribution in [0.3, 0.4) is 0 Å². The average molecular weight is 385 g/mol. The number of hydrogen-bond acceptors (Lipinski definition) is 4. The van der Waals surface area contributed by atoms with Crippen LogP contribution < -0.4 is 4.74 Å². The number of imidazole rings is 1. The van der Waals surface area contributed by atoms with Crippen molar-refractivity contribution >= 4 is 23.5 Å². The average Bonchev–Trinajstić information content (AvgIpc) is 3.13. The molecule has 4 rings (SSSR count). The molecular formula is C23H19N3O3. The van der Waals surface area contributed by atoms with E-state index in [2.05, 4.69) is 4.98 Å². The Bertz CT molecular complexity index is 1200. The number of nitro benzene ring substituents is 1. The molecule has 0 fully saturated rings. The van der Waals surface area contributed by atoms with Crippen molar-refractivity contribution < 1.29 is 9.66 Å². The van der Waals surface area contributed by atoms with Crippen LogP contribution in [0.25, 0.3) is 17.8 Å². The lowest BCUT2D eigenvalue weighted by atomic mass is 10.1. The quantitative estimate of drug-likeness (QED) is 0.334. The summed E-state index contributed by atoms with van der Waals surface area (Å²) in [5.74, 6) is 0.249. The number of benzene rings is 2. The van der Waals surface area contributed by atoms with Gasteiger partial charge >= 0.3 is 5.69 Å². The Labute approximate surface area is 167 Å². The van der Waals surface area contributed by atoms with Crippen LogP contribution in [0.4, 0.5) is 5.69 Å². The minimum atomic E-state index is -0.425. The van der Waals surface area contributed by atoms with E-state index in [0.29, 0.717) is 5.56 Å². The van der Waals surface area contributed by atoms with Crippen LogP contribution in [0.1, 0.15) is 22.4 Å². The molecule has 6 nitrogen and oxygen atoms in total. The van der Waals surface area contributed by atoms with Crippen LogP contribution in [0.5, 0.6) is 5.75 Å². The molecule has 0 N–H and O–H groups in total. The molecular weight excluding hydrogens is 366 g/mol. The zero-order valence-corrected chi connectivity index (χ0v) is 15.9. The zero-order chi connectivity index (χ0) is 20.2. The fourth-order valence-electron chi connectivity index (χ4n) is 3.00. The predicted octanol–water partition coefficient (Wildman–Crippen LogP) is 5.30. The highest BCUT2D eigenvalue weighted by Crippen LogP contribution is 2.29. The summed E-state index contributed by atoms with van der Waals surface area (Å²) in [5, 5.41) is 11.5. The molecule has 0 radical (unpaired) electrons. The van der Waals surface area contributed by atoms with Gasteiger partial charge in [-0.1, -0.05) is 42.5 Å². The predicted molar refractivity (Wildman–Crippen MR) is 113 cm³/mol. The van der Waals surface area contributed by atoms with E-state index in [4.69, 9.17) is 4.74 Å². The number of aromatic nitrogens is 2. The topological polar surface area (TPSA) is 69.7 Å². The van der Waals surface area contributed by atoms with Gasteiger partial charge in [0.05, 0.1) is 10.6 Å². The SMILES string of the molecule is Cc1ccn2cc(C=Cc3ccc(OCc4ccccc4)c([N+](=O)[O-])c3)nc2c1. The maximum atomic E-state index is 11.5. The first-order valence-corrected chi connectivity index (χ1v) is 9.17. The van der Waals surface area contributed by atoms with E-state index in [9.17, 15) is 10.1 Å². The molecule has 0 aliphatic carbocycles. The number of aryl methyl sites for hydroxylation is 1. The number of pyridine rings is 1. The third-order valence-electron chi connectivity index (χ3n) is 4.50. The molecule has 2 heterocycles. The van der Waals surface area contributed by atoms with Gasteiger partial charge < -0.3 is 9.14 Å². The lowest BCUT2D eigenvalue weighted by Crippen LogP contribution is -1.99. The summed E-state index contributed by atoms with van der Waals surface area (Å²) in [6.07, 6.45) is 7.52. The van der Waals surface area contributed by atoms with Crippen molar-refractivity contribution in [2.75, 3.05) is 0 Å². The monoisotopic (exact) mass is 385 g/mol. The summed E-state index contributed by atoms with van der Waals surface area (Å²) in [6.45, 7) is 2.29. The van der Waals surface area contributed by atoms with Gasteiger partial charge in [0.15, 0.2) is 5.75 Å². The van der Waals surface area contributed by atoms with Gasteiger partial charge in [0.2, 0.25) is 0 Å². The minimum Gasteiger partial charge on any atom is -0.482 e. The van der Waals surface area contributed by atoms with E-state index < -0.39 is 4.92 Å². The minimum absolute atomic E-state index is 0.0614. The Hall–Kier alpha value is -3.93. The zero-order valence-electron chi connectivity index (χ0n) is 15.9.